The Morgan fingerprint density at radius 3 is 2.73 bits per heavy atom. The lowest BCUT2D eigenvalue weighted by Gasteiger charge is -2.18. The van der Waals surface area contributed by atoms with Crippen LogP contribution in [-0.4, -0.2) is 54.2 Å². The molecule has 0 radical (unpaired) electrons. The lowest BCUT2D eigenvalue weighted by Crippen LogP contribution is -2.27. The van der Waals surface area contributed by atoms with Crippen LogP contribution in [0.1, 0.15) is 47.8 Å². The quantitative estimate of drug-likeness (QED) is 0.598. The van der Waals surface area contributed by atoms with E-state index in [1.807, 2.05) is 49.7 Å². The summed E-state index contributed by atoms with van der Waals surface area (Å²) in [5, 5.41) is 4.58. The van der Waals surface area contributed by atoms with E-state index in [1.165, 1.54) is 0 Å². The number of hydrogen-bond acceptors (Lipinski definition) is 5. The van der Waals surface area contributed by atoms with Gasteiger partial charge in [-0.1, -0.05) is 12.1 Å². The SMILES string of the molecule is Cc1cccc(OCCCC(=O)N(C)Cc2c(C)nn([C@H]3CCS(=O)(=O)C3)c2C)c1. The van der Waals surface area contributed by atoms with Gasteiger partial charge in [0, 0.05) is 31.3 Å². The summed E-state index contributed by atoms with van der Waals surface area (Å²) in [6.07, 6.45) is 1.66. The van der Waals surface area contributed by atoms with Crippen LogP contribution in [0.15, 0.2) is 24.3 Å². The molecule has 8 heteroatoms. The second-order valence-corrected chi connectivity index (χ2v) is 10.4. The van der Waals surface area contributed by atoms with Gasteiger partial charge in [-0.3, -0.25) is 9.48 Å². The molecule has 1 atom stereocenters. The van der Waals surface area contributed by atoms with Crippen molar-refractivity contribution >= 4 is 15.7 Å². The standard InChI is InChI=1S/C22H31N3O4S/c1-16-7-5-8-20(13-16)29-11-6-9-22(26)24(4)14-21-17(2)23-25(18(21)3)19-10-12-30(27,28)15-19/h5,7-8,13,19H,6,9-12,14-15H2,1-4H3/t19-/m0/s1. The molecule has 7 nitrogen and oxygen atoms in total. The van der Waals surface area contributed by atoms with Gasteiger partial charge >= 0.3 is 0 Å². The topological polar surface area (TPSA) is 81.5 Å². The molecular formula is C22H31N3O4S. The fourth-order valence-electron chi connectivity index (χ4n) is 3.88. The molecule has 0 aliphatic carbocycles. The van der Waals surface area contributed by atoms with Crippen LogP contribution in [0.2, 0.25) is 0 Å². The van der Waals surface area contributed by atoms with Crippen molar-refractivity contribution in [1.82, 2.24) is 14.7 Å². The zero-order valence-electron chi connectivity index (χ0n) is 18.2. The van der Waals surface area contributed by atoms with Crippen molar-refractivity contribution in [3.05, 3.63) is 46.8 Å². The van der Waals surface area contributed by atoms with Gasteiger partial charge in [0.2, 0.25) is 5.91 Å². The molecule has 1 aromatic heterocycles. The van der Waals surface area contributed by atoms with Crippen LogP contribution in [0.3, 0.4) is 0 Å². The Hall–Kier alpha value is -2.35. The highest BCUT2D eigenvalue weighted by atomic mass is 32.2. The smallest absolute Gasteiger partial charge is 0.222 e. The number of benzene rings is 1. The Morgan fingerprint density at radius 2 is 2.07 bits per heavy atom. The molecule has 1 amide bonds. The monoisotopic (exact) mass is 433 g/mol. The highest BCUT2D eigenvalue weighted by Crippen LogP contribution is 2.27. The van der Waals surface area contributed by atoms with E-state index in [1.54, 1.807) is 11.9 Å². The highest BCUT2D eigenvalue weighted by molar-refractivity contribution is 7.91. The molecule has 164 valence electrons. The van der Waals surface area contributed by atoms with Gasteiger partial charge in [0.1, 0.15) is 5.75 Å². The van der Waals surface area contributed by atoms with Crippen molar-refractivity contribution in [3.8, 4) is 5.75 Å². The summed E-state index contributed by atoms with van der Waals surface area (Å²) in [4.78, 5) is 14.3. The molecule has 2 heterocycles. The van der Waals surface area contributed by atoms with E-state index < -0.39 is 9.84 Å². The van der Waals surface area contributed by atoms with E-state index >= 15 is 0 Å². The second kappa shape index (κ2) is 9.20. The lowest BCUT2D eigenvalue weighted by atomic mass is 10.1. The van der Waals surface area contributed by atoms with Crippen LogP contribution in [0.5, 0.6) is 5.75 Å². The number of aryl methyl sites for hydroxylation is 2. The number of aromatic nitrogens is 2. The molecule has 3 rings (SSSR count). The number of hydrogen-bond donors (Lipinski definition) is 0. The van der Waals surface area contributed by atoms with Gasteiger partial charge in [0.05, 0.1) is 29.8 Å². The first-order valence-corrected chi connectivity index (χ1v) is 12.2. The fraction of sp³-hybridized carbons (Fsp3) is 0.545. The number of carbonyl (C=O) groups excluding carboxylic acids is 1. The third-order valence-corrected chi connectivity index (χ3v) is 7.39. The summed E-state index contributed by atoms with van der Waals surface area (Å²) in [7, 11) is -1.18. The maximum Gasteiger partial charge on any atom is 0.222 e. The van der Waals surface area contributed by atoms with E-state index in [2.05, 4.69) is 5.10 Å². The molecule has 0 spiro atoms. The Balaban J connectivity index is 1.52. The van der Waals surface area contributed by atoms with E-state index in [0.717, 1.165) is 28.3 Å². The number of carbonyl (C=O) groups is 1. The van der Waals surface area contributed by atoms with E-state index in [9.17, 15) is 13.2 Å². The number of amides is 1. The van der Waals surface area contributed by atoms with Crippen LogP contribution >= 0.6 is 0 Å². The van der Waals surface area contributed by atoms with E-state index in [-0.39, 0.29) is 23.5 Å². The molecular weight excluding hydrogens is 402 g/mol. The van der Waals surface area contributed by atoms with Gasteiger partial charge in [-0.25, -0.2) is 8.42 Å². The van der Waals surface area contributed by atoms with Crippen molar-refractivity contribution in [3.63, 3.8) is 0 Å². The summed E-state index contributed by atoms with van der Waals surface area (Å²) in [5.41, 5.74) is 3.92. The minimum atomic E-state index is -2.97. The summed E-state index contributed by atoms with van der Waals surface area (Å²) >= 11 is 0. The van der Waals surface area contributed by atoms with Gasteiger partial charge in [-0.2, -0.15) is 5.10 Å². The van der Waals surface area contributed by atoms with E-state index in [4.69, 9.17) is 4.74 Å². The Morgan fingerprint density at radius 1 is 1.30 bits per heavy atom. The van der Waals surface area contributed by atoms with Crippen molar-refractivity contribution in [2.24, 2.45) is 0 Å². The summed E-state index contributed by atoms with van der Waals surface area (Å²) in [5.74, 6) is 1.24. The van der Waals surface area contributed by atoms with Crippen molar-refractivity contribution in [1.29, 1.82) is 0 Å². The van der Waals surface area contributed by atoms with Crippen LogP contribution < -0.4 is 4.74 Å². The Bertz CT molecular complexity index is 1010. The Kier molecular flexibility index (Phi) is 6.85. The van der Waals surface area contributed by atoms with Gasteiger partial charge < -0.3 is 9.64 Å². The average Bonchev–Trinajstić information content (AvgIpc) is 3.18. The van der Waals surface area contributed by atoms with E-state index in [0.29, 0.717) is 32.4 Å². The molecule has 30 heavy (non-hydrogen) atoms. The molecule has 0 unspecified atom stereocenters. The molecule has 1 aromatic carbocycles. The molecule has 0 bridgehead atoms. The number of nitrogens with zero attached hydrogens (tertiary/aromatic N) is 3. The van der Waals surface area contributed by atoms with Crippen LogP contribution in [0, 0.1) is 20.8 Å². The van der Waals surface area contributed by atoms with Crippen molar-refractivity contribution in [2.45, 2.75) is 52.6 Å². The summed E-state index contributed by atoms with van der Waals surface area (Å²) in [6.45, 7) is 6.84. The number of sulfone groups is 1. The molecule has 1 fully saturated rings. The third kappa shape index (κ3) is 5.41. The number of ether oxygens (including phenoxy) is 1. The minimum Gasteiger partial charge on any atom is -0.494 e. The second-order valence-electron chi connectivity index (χ2n) is 8.17. The molecule has 1 aliphatic heterocycles. The predicted molar refractivity (Wildman–Crippen MR) is 116 cm³/mol. The van der Waals surface area contributed by atoms with Crippen LogP contribution in [-0.2, 0) is 21.2 Å². The maximum atomic E-state index is 12.5. The molecule has 1 aliphatic rings. The molecule has 0 saturated carbocycles. The van der Waals surface area contributed by atoms with Gasteiger partial charge in [0.25, 0.3) is 0 Å². The largest absolute Gasteiger partial charge is 0.494 e. The maximum absolute atomic E-state index is 12.5. The van der Waals surface area contributed by atoms with Crippen LogP contribution in [0.25, 0.3) is 0 Å². The number of rotatable bonds is 8. The van der Waals surface area contributed by atoms with Crippen molar-refractivity contribution in [2.75, 3.05) is 25.2 Å². The van der Waals surface area contributed by atoms with Gasteiger partial charge in [-0.15, -0.1) is 0 Å². The highest BCUT2D eigenvalue weighted by Gasteiger charge is 2.31. The fourth-order valence-corrected chi connectivity index (χ4v) is 5.58. The molecule has 2 aromatic rings. The first kappa shape index (κ1) is 22.3. The van der Waals surface area contributed by atoms with Gasteiger partial charge in [-0.05, 0) is 51.3 Å². The zero-order chi connectivity index (χ0) is 21.9. The van der Waals surface area contributed by atoms with Crippen LogP contribution in [0.4, 0.5) is 0 Å². The first-order chi connectivity index (χ1) is 14.2. The van der Waals surface area contributed by atoms with Crippen molar-refractivity contribution < 1.29 is 17.9 Å². The summed E-state index contributed by atoms with van der Waals surface area (Å²) < 4.78 is 31.2. The third-order valence-electron chi connectivity index (χ3n) is 5.64. The zero-order valence-corrected chi connectivity index (χ0v) is 19.0. The Labute approximate surface area is 178 Å². The predicted octanol–water partition coefficient (Wildman–Crippen LogP) is 2.99. The average molecular weight is 434 g/mol. The van der Waals surface area contributed by atoms with Gasteiger partial charge in [0.15, 0.2) is 9.84 Å². The molecule has 1 saturated heterocycles. The first-order valence-electron chi connectivity index (χ1n) is 10.3. The normalized spacial score (nSPS) is 17.8. The lowest BCUT2D eigenvalue weighted by molar-refractivity contribution is -0.130. The summed E-state index contributed by atoms with van der Waals surface area (Å²) in [6, 6.07) is 7.76. The molecule has 0 N–H and O–H groups in total. The minimum absolute atomic E-state index is 0.0536.